The van der Waals surface area contributed by atoms with Crippen LogP contribution < -0.4 is 10.6 Å². The molecule has 1 aromatic heterocycles. The molecule has 1 amide bonds. The minimum absolute atomic E-state index is 0.0467. The van der Waals surface area contributed by atoms with Crippen LogP contribution in [0.5, 0.6) is 0 Å². The fourth-order valence-electron chi connectivity index (χ4n) is 1.31. The van der Waals surface area contributed by atoms with E-state index in [9.17, 15) is 4.79 Å². The van der Waals surface area contributed by atoms with Crippen molar-refractivity contribution in [3.8, 4) is 0 Å². The largest absolute Gasteiger partial charge is 0.354 e. The molecule has 0 bridgehead atoms. The first kappa shape index (κ1) is 9.61. The van der Waals surface area contributed by atoms with Gasteiger partial charge in [-0.25, -0.2) is 4.98 Å². The second-order valence-corrected chi connectivity index (χ2v) is 4.03. The van der Waals surface area contributed by atoms with E-state index < -0.39 is 0 Å². The minimum Gasteiger partial charge on any atom is -0.354 e. The molecule has 5 heteroatoms. The van der Waals surface area contributed by atoms with Crippen molar-refractivity contribution < 1.29 is 4.79 Å². The van der Waals surface area contributed by atoms with Crippen LogP contribution in [0.4, 0.5) is 0 Å². The molecular weight excluding hydrogens is 198 g/mol. The Morgan fingerprint density at radius 3 is 3.21 bits per heavy atom. The molecule has 1 aliphatic rings. The molecule has 0 unspecified atom stereocenters. The van der Waals surface area contributed by atoms with E-state index in [0.29, 0.717) is 6.54 Å². The van der Waals surface area contributed by atoms with Crippen molar-refractivity contribution in [2.75, 3.05) is 13.1 Å². The summed E-state index contributed by atoms with van der Waals surface area (Å²) in [6.45, 7) is 1.64. The van der Waals surface area contributed by atoms with Crippen LogP contribution in [0.1, 0.15) is 12.1 Å². The number of rotatable bonds is 4. The Labute approximate surface area is 86.7 Å². The predicted molar refractivity (Wildman–Crippen MR) is 55.2 cm³/mol. The van der Waals surface area contributed by atoms with Crippen molar-refractivity contribution in [3.63, 3.8) is 0 Å². The van der Waals surface area contributed by atoms with Gasteiger partial charge >= 0.3 is 0 Å². The van der Waals surface area contributed by atoms with Gasteiger partial charge in [0, 0.05) is 18.3 Å². The summed E-state index contributed by atoms with van der Waals surface area (Å²) in [5, 5.41) is 7.96. The van der Waals surface area contributed by atoms with Gasteiger partial charge in [-0.15, -0.1) is 11.3 Å². The van der Waals surface area contributed by atoms with Crippen molar-refractivity contribution in [2.24, 2.45) is 0 Å². The molecule has 2 N–H and O–H groups in total. The van der Waals surface area contributed by atoms with Crippen LogP contribution in [0.2, 0.25) is 0 Å². The van der Waals surface area contributed by atoms with Crippen molar-refractivity contribution in [2.45, 2.75) is 18.9 Å². The third-order valence-electron chi connectivity index (χ3n) is 2.30. The van der Waals surface area contributed by atoms with Gasteiger partial charge in [-0.2, -0.15) is 0 Å². The molecule has 14 heavy (non-hydrogen) atoms. The maximum Gasteiger partial charge on any atom is 0.237 e. The Bertz CT molecular complexity index is 295. The number of hydrogen-bond acceptors (Lipinski definition) is 4. The lowest BCUT2D eigenvalue weighted by Gasteiger charge is -2.26. The van der Waals surface area contributed by atoms with Crippen LogP contribution in [0.15, 0.2) is 10.9 Å². The van der Waals surface area contributed by atoms with Crippen molar-refractivity contribution in [3.05, 3.63) is 16.6 Å². The highest BCUT2D eigenvalue weighted by Gasteiger charge is 2.23. The molecule has 0 aromatic carbocycles. The highest BCUT2D eigenvalue weighted by atomic mass is 32.1. The second kappa shape index (κ2) is 4.52. The third-order valence-corrected chi connectivity index (χ3v) is 2.94. The first-order chi connectivity index (χ1) is 6.86. The van der Waals surface area contributed by atoms with Crippen molar-refractivity contribution in [1.29, 1.82) is 0 Å². The van der Waals surface area contributed by atoms with Crippen LogP contribution in [0, 0.1) is 0 Å². The summed E-state index contributed by atoms with van der Waals surface area (Å²) in [5.41, 5.74) is 2.86. The van der Waals surface area contributed by atoms with Crippen molar-refractivity contribution in [1.82, 2.24) is 15.6 Å². The van der Waals surface area contributed by atoms with Crippen LogP contribution in [-0.2, 0) is 11.2 Å². The lowest BCUT2D eigenvalue weighted by atomic mass is 10.1. The molecule has 0 radical (unpaired) electrons. The summed E-state index contributed by atoms with van der Waals surface area (Å²) in [7, 11) is 0. The Kier molecular flexibility index (Phi) is 3.10. The van der Waals surface area contributed by atoms with Gasteiger partial charge in [0.25, 0.3) is 0 Å². The summed E-state index contributed by atoms with van der Waals surface area (Å²) in [6.07, 6.45) is 1.78. The summed E-state index contributed by atoms with van der Waals surface area (Å²) in [6, 6.07) is 0.0467. The molecule has 1 fully saturated rings. The summed E-state index contributed by atoms with van der Waals surface area (Å²) in [5.74, 6) is 0.117. The first-order valence-corrected chi connectivity index (χ1v) is 5.69. The normalized spacial score (nSPS) is 20.1. The lowest BCUT2D eigenvalue weighted by Crippen LogP contribution is -2.53. The number of carbonyl (C=O) groups excluding carboxylic acids is 1. The van der Waals surface area contributed by atoms with Crippen LogP contribution >= 0.6 is 11.3 Å². The standard InChI is InChI=1S/C9H13N3OS/c13-9(8-2-4-10-8)11-3-1-7-5-14-6-12-7/h5-6,8,10H,1-4H2,(H,11,13)/t8-/m1/s1. The van der Waals surface area contributed by atoms with E-state index in [2.05, 4.69) is 15.6 Å². The number of amides is 1. The smallest absolute Gasteiger partial charge is 0.237 e. The molecule has 76 valence electrons. The molecular formula is C9H13N3OS. The van der Waals surface area contributed by atoms with Gasteiger partial charge in [0.05, 0.1) is 17.2 Å². The highest BCUT2D eigenvalue weighted by molar-refractivity contribution is 7.07. The van der Waals surface area contributed by atoms with Gasteiger partial charge in [0.2, 0.25) is 5.91 Å². The lowest BCUT2D eigenvalue weighted by molar-refractivity contribution is -0.124. The van der Waals surface area contributed by atoms with Crippen molar-refractivity contribution >= 4 is 17.2 Å². The zero-order valence-corrected chi connectivity index (χ0v) is 8.64. The summed E-state index contributed by atoms with van der Waals surface area (Å²) in [4.78, 5) is 15.5. The minimum atomic E-state index is 0.0467. The van der Waals surface area contributed by atoms with Gasteiger partial charge in [-0.3, -0.25) is 4.79 Å². The van der Waals surface area contributed by atoms with E-state index in [0.717, 1.165) is 25.1 Å². The van der Waals surface area contributed by atoms with Gasteiger partial charge < -0.3 is 10.6 Å². The number of thiazole rings is 1. The van der Waals surface area contributed by atoms with Gasteiger partial charge in [0.1, 0.15) is 0 Å². The molecule has 0 spiro atoms. The molecule has 2 rings (SSSR count). The molecule has 4 nitrogen and oxygen atoms in total. The summed E-state index contributed by atoms with van der Waals surface area (Å²) < 4.78 is 0. The van der Waals surface area contributed by atoms with E-state index in [1.54, 1.807) is 11.3 Å². The van der Waals surface area contributed by atoms with Gasteiger partial charge in [-0.05, 0) is 13.0 Å². The average molecular weight is 211 g/mol. The molecule has 1 aliphatic heterocycles. The average Bonchev–Trinajstić information content (AvgIpc) is 2.53. The Morgan fingerprint density at radius 2 is 2.64 bits per heavy atom. The highest BCUT2D eigenvalue weighted by Crippen LogP contribution is 2.02. The maximum atomic E-state index is 11.4. The predicted octanol–water partition coefficient (Wildman–Crippen LogP) is 0.164. The number of aromatic nitrogens is 1. The van der Waals surface area contributed by atoms with Gasteiger partial charge in [0.15, 0.2) is 0 Å². The zero-order valence-electron chi connectivity index (χ0n) is 7.82. The summed E-state index contributed by atoms with van der Waals surface area (Å²) >= 11 is 1.58. The fourth-order valence-corrected chi connectivity index (χ4v) is 1.90. The van der Waals surface area contributed by atoms with E-state index in [-0.39, 0.29) is 11.9 Å². The van der Waals surface area contributed by atoms with E-state index in [4.69, 9.17) is 0 Å². The zero-order chi connectivity index (χ0) is 9.80. The number of hydrogen-bond donors (Lipinski definition) is 2. The SMILES string of the molecule is O=C(NCCc1cscn1)[C@H]1CCN1. The third kappa shape index (κ3) is 2.30. The van der Waals surface area contributed by atoms with E-state index in [1.165, 1.54) is 0 Å². The Morgan fingerprint density at radius 1 is 1.79 bits per heavy atom. The second-order valence-electron chi connectivity index (χ2n) is 3.32. The fraction of sp³-hybridized carbons (Fsp3) is 0.556. The first-order valence-electron chi connectivity index (χ1n) is 4.74. The van der Waals surface area contributed by atoms with E-state index >= 15 is 0 Å². The quantitative estimate of drug-likeness (QED) is 0.746. The molecule has 0 saturated carbocycles. The molecule has 1 aromatic rings. The van der Waals surface area contributed by atoms with E-state index in [1.807, 2.05) is 10.9 Å². The molecule has 1 atom stereocenters. The Balaban J connectivity index is 1.65. The number of nitrogens with one attached hydrogen (secondary N) is 2. The van der Waals surface area contributed by atoms with Gasteiger partial charge in [-0.1, -0.05) is 0 Å². The molecule has 2 heterocycles. The Hall–Kier alpha value is -0.940. The van der Waals surface area contributed by atoms with Crippen LogP contribution in [0.25, 0.3) is 0 Å². The maximum absolute atomic E-state index is 11.4. The molecule has 1 saturated heterocycles. The monoisotopic (exact) mass is 211 g/mol. The number of nitrogens with zero attached hydrogens (tertiary/aromatic N) is 1. The molecule has 0 aliphatic carbocycles. The van der Waals surface area contributed by atoms with Crippen LogP contribution in [0.3, 0.4) is 0 Å². The van der Waals surface area contributed by atoms with Crippen LogP contribution in [-0.4, -0.2) is 30.0 Å². The number of carbonyl (C=O) groups is 1. The topological polar surface area (TPSA) is 54.0 Å².